The highest BCUT2D eigenvalue weighted by molar-refractivity contribution is 14.0. The lowest BCUT2D eigenvalue weighted by atomic mass is 10.3. The van der Waals surface area contributed by atoms with Crippen LogP contribution in [0.3, 0.4) is 0 Å². The molecule has 0 aliphatic rings. The zero-order valence-electron chi connectivity index (χ0n) is 15.5. The molecule has 2 aromatic rings. The van der Waals surface area contributed by atoms with Gasteiger partial charge in [-0.25, -0.2) is 15.0 Å². The number of guanidine groups is 1. The van der Waals surface area contributed by atoms with Crippen LogP contribution in [-0.4, -0.2) is 41.8 Å². The molecule has 0 aliphatic heterocycles. The van der Waals surface area contributed by atoms with E-state index < -0.39 is 12.8 Å². The van der Waals surface area contributed by atoms with Crippen LogP contribution in [0.15, 0.2) is 29.5 Å². The number of ether oxygens (including phenoxy) is 1. The Kier molecular flexibility index (Phi) is 10.5. The summed E-state index contributed by atoms with van der Waals surface area (Å²) in [6.07, 6.45) is -0.268. The molecule has 28 heavy (non-hydrogen) atoms. The highest BCUT2D eigenvalue weighted by Gasteiger charge is 2.28. The minimum atomic E-state index is -4.38. The molecule has 0 radical (unpaired) electrons. The normalized spacial score (nSPS) is 11.7. The fraction of sp³-hybridized carbons (Fsp3) is 0.471. The van der Waals surface area contributed by atoms with Crippen LogP contribution in [0.5, 0.6) is 5.88 Å². The van der Waals surface area contributed by atoms with E-state index in [9.17, 15) is 13.2 Å². The molecule has 2 aromatic heterocycles. The minimum Gasteiger partial charge on any atom is -0.468 e. The number of aliphatic imine (C=N–C) groups is 1. The Morgan fingerprint density at radius 1 is 1.21 bits per heavy atom. The second kappa shape index (κ2) is 12.0. The molecule has 0 saturated heterocycles. The smallest absolute Gasteiger partial charge is 0.422 e. The summed E-state index contributed by atoms with van der Waals surface area (Å²) < 4.78 is 41.0. The standard InChI is InChI=1S/C17H22F3N5OS.HI/c1-3-21-16(22-7-6-15-24-8-12(2)27-15)25-10-13-4-5-14(23-9-13)26-11-17(18,19)20;/h4-5,8-9H,3,6-7,10-11H2,1-2H3,(H2,21,22,25);1H. The van der Waals surface area contributed by atoms with Crippen molar-refractivity contribution in [2.24, 2.45) is 4.99 Å². The van der Waals surface area contributed by atoms with Crippen LogP contribution in [0.4, 0.5) is 13.2 Å². The van der Waals surface area contributed by atoms with Gasteiger partial charge in [-0.1, -0.05) is 6.07 Å². The topological polar surface area (TPSA) is 71.4 Å². The van der Waals surface area contributed by atoms with Gasteiger partial charge < -0.3 is 15.4 Å². The molecule has 11 heteroatoms. The first-order valence-corrected chi connectivity index (χ1v) is 9.25. The molecule has 2 N–H and O–H groups in total. The third kappa shape index (κ3) is 9.53. The van der Waals surface area contributed by atoms with Gasteiger partial charge in [-0.05, 0) is 19.4 Å². The van der Waals surface area contributed by atoms with E-state index in [1.54, 1.807) is 17.4 Å². The summed E-state index contributed by atoms with van der Waals surface area (Å²) in [7, 11) is 0. The maximum absolute atomic E-state index is 12.1. The van der Waals surface area contributed by atoms with E-state index in [0.717, 1.165) is 17.0 Å². The lowest BCUT2D eigenvalue weighted by Crippen LogP contribution is -2.38. The Morgan fingerprint density at radius 3 is 2.57 bits per heavy atom. The van der Waals surface area contributed by atoms with E-state index in [1.807, 2.05) is 20.0 Å². The van der Waals surface area contributed by atoms with Crippen molar-refractivity contribution in [3.63, 3.8) is 0 Å². The number of halogens is 4. The molecule has 0 amide bonds. The van der Waals surface area contributed by atoms with E-state index in [-0.39, 0.29) is 29.9 Å². The summed E-state index contributed by atoms with van der Waals surface area (Å²) in [5.41, 5.74) is 0.766. The van der Waals surface area contributed by atoms with Gasteiger partial charge in [0.2, 0.25) is 5.88 Å². The molecule has 0 aromatic carbocycles. The molecule has 2 heterocycles. The predicted octanol–water partition coefficient (Wildman–Crippen LogP) is 3.70. The van der Waals surface area contributed by atoms with Crippen LogP contribution in [-0.2, 0) is 13.0 Å². The fourth-order valence-corrected chi connectivity index (χ4v) is 2.85. The van der Waals surface area contributed by atoms with E-state index in [0.29, 0.717) is 25.6 Å². The number of nitrogens with zero attached hydrogens (tertiary/aromatic N) is 3. The maximum atomic E-state index is 12.1. The highest BCUT2D eigenvalue weighted by atomic mass is 127. The number of thiazole rings is 1. The van der Waals surface area contributed by atoms with Crippen molar-refractivity contribution in [2.75, 3.05) is 19.7 Å². The number of rotatable bonds is 8. The SMILES string of the molecule is CCNC(=NCc1ccc(OCC(F)(F)F)nc1)NCCc1ncc(C)s1.I. The van der Waals surface area contributed by atoms with Crippen molar-refractivity contribution < 1.29 is 17.9 Å². The van der Waals surface area contributed by atoms with Crippen LogP contribution in [0.2, 0.25) is 0 Å². The van der Waals surface area contributed by atoms with Crippen LogP contribution < -0.4 is 15.4 Å². The first-order valence-electron chi connectivity index (χ1n) is 8.43. The average molecular weight is 529 g/mol. The molecular formula is C17H23F3IN5OS. The number of hydrogen-bond acceptors (Lipinski definition) is 5. The number of aromatic nitrogens is 2. The maximum Gasteiger partial charge on any atom is 0.422 e. The third-order valence-corrected chi connectivity index (χ3v) is 4.22. The van der Waals surface area contributed by atoms with Gasteiger partial charge in [-0.2, -0.15) is 13.2 Å². The number of nitrogens with one attached hydrogen (secondary N) is 2. The summed E-state index contributed by atoms with van der Waals surface area (Å²) in [5, 5.41) is 7.44. The second-order valence-electron chi connectivity index (χ2n) is 5.65. The zero-order valence-corrected chi connectivity index (χ0v) is 18.7. The Labute approximate surface area is 183 Å². The van der Waals surface area contributed by atoms with E-state index in [2.05, 4.69) is 30.3 Å². The number of pyridine rings is 1. The molecule has 0 unspecified atom stereocenters. The lowest BCUT2D eigenvalue weighted by molar-refractivity contribution is -0.154. The van der Waals surface area contributed by atoms with Crippen LogP contribution in [0.25, 0.3) is 0 Å². The highest BCUT2D eigenvalue weighted by Crippen LogP contribution is 2.17. The van der Waals surface area contributed by atoms with E-state index in [1.165, 1.54) is 17.1 Å². The molecule has 0 atom stereocenters. The van der Waals surface area contributed by atoms with Crippen LogP contribution >= 0.6 is 35.3 Å². The fourth-order valence-electron chi connectivity index (χ4n) is 2.06. The van der Waals surface area contributed by atoms with Crippen molar-refractivity contribution in [1.82, 2.24) is 20.6 Å². The minimum absolute atomic E-state index is 0. The largest absolute Gasteiger partial charge is 0.468 e. The van der Waals surface area contributed by atoms with Crippen LogP contribution in [0, 0.1) is 6.92 Å². The Morgan fingerprint density at radius 2 is 2.00 bits per heavy atom. The molecule has 0 bridgehead atoms. The molecule has 2 rings (SSSR count). The summed E-state index contributed by atoms with van der Waals surface area (Å²) >= 11 is 1.67. The average Bonchev–Trinajstić information content (AvgIpc) is 3.03. The van der Waals surface area contributed by atoms with Gasteiger partial charge in [0.1, 0.15) is 0 Å². The molecular weight excluding hydrogens is 506 g/mol. The van der Waals surface area contributed by atoms with Gasteiger partial charge in [-0.3, -0.25) is 0 Å². The van der Waals surface area contributed by atoms with Crippen molar-refractivity contribution in [1.29, 1.82) is 0 Å². The summed E-state index contributed by atoms with van der Waals surface area (Å²) in [6, 6.07) is 3.05. The third-order valence-electron chi connectivity index (χ3n) is 3.25. The van der Waals surface area contributed by atoms with Crippen molar-refractivity contribution in [2.45, 2.75) is 33.0 Å². The quantitative estimate of drug-likeness (QED) is 0.310. The van der Waals surface area contributed by atoms with E-state index in [4.69, 9.17) is 0 Å². The van der Waals surface area contributed by atoms with Gasteiger partial charge in [0.05, 0.1) is 11.6 Å². The summed E-state index contributed by atoms with van der Waals surface area (Å²) in [4.78, 5) is 13.8. The van der Waals surface area contributed by atoms with Crippen molar-refractivity contribution in [3.8, 4) is 5.88 Å². The Balaban J connectivity index is 0.00000392. The van der Waals surface area contributed by atoms with Gasteiger partial charge in [0.15, 0.2) is 12.6 Å². The molecule has 6 nitrogen and oxygen atoms in total. The number of aryl methyl sites for hydroxylation is 1. The molecule has 0 spiro atoms. The van der Waals surface area contributed by atoms with Gasteiger partial charge in [0, 0.05) is 42.8 Å². The van der Waals surface area contributed by atoms with Crippen LogP contribution in [0.1, 0.15) is 22.4 Å². The van der Waals surface area contributed by atoms with Gasteiger partial charge in [-0.15, -0.1) is 35.3 Å². The Bertz CT molecular complexity index is 737. The Hall–Kier alpha value is -1.63. The molecule has 0 fully saturated rings. The monoisotopic (exact) mass is 529 g/mol. The van der Waals surface area contributed by atoms with Crippen molar-refractivity contribution >= 4 is 41.3 Å². The molecule has 0 aliphatic carbocycles. The first kappa shape index (κ1) is 24.4. The number of hydrogen-bond donors (Lipinski definition) is 2. The second-order valence-corrected chi connectivity index (χ2v) is 6.96. The summed E-state index contributed by atoms with van der Waals surface area (Å²) in [5.74, 6) is 0.590. The first-order chi connectivity index (χ1) is 12.9. The number of alkyl halides is 3. The lowest BCUT2D eigenvalue weighted by Gasteiger charge is -2.11. The van der Waals surface area contributed by atoms with Gasteiger partial charge in [0.25, 0.3) is 0 Å². The van der Waals surface area contributed by atoms with Gasteiger partial charge >= 0.3 is 6.18 Å². The van der Waals surface area contributed by atoms with E-state index >= 15 is 0 Å². The summed E-state index contributed by atoms with van der Waals surface area (Å²) in [6.45, 7) is 4.39. The van der Waals surface area contributed by atoms with Crippen molar-refractivity contribution in [3.05, 3.63) is 40.0 Å². The predicted molar refractivity (Wildman–Crippen MR) is 115 cm³/mol. The molecule has 156 valence electrons. The molecule has 0 saturated carbocycles. The zero-order chi connectivity index (χ0) is 19.7.